The molecule has 3 aromatic carbocycles. The number of hydrogen-bond donors (Lipinski definition) is 2. The molecule has 5 nitrogen and oxygen atoms in total. The summed E-state index contributed by atoms with van der Waals surface area (Å²) >= 11 is 5.86. The summed E-state index contributed by atoms with van der Waals surface area (Å²) in [6.07, 6.45) is 0.970. The number of carboxylic acids is 1. The Bertz CT molecular complexity index is 1070. The van der Waals surface area contributed by atoms with Crippen molar-refractivity contribution in [1.82, 2.24) is 0 Å². The minimum Gasteiger partial charge on any atom is -0.478 e. The number of aromatic carboxylic acids is 1. The maximum Gasteiger partial charge on any atom is 0.337 e. The molecule has 1 heterocycles. The van der Waals surface area contributed by atoms with Crippen molar-refractivity contribution >= 4 is 34.9 Å². The van der Waals surface area contributed by atoms with Gasteiger partial charge in [0.15, 0.2) is 0 Å². The first kappa shape index (κ1) is 20.0. The number of nitrogens with one attached hydrogen (secondary N) is 1. The third kappa shape index (κ3) is 4.31. The molecule has 3 aromatic rings. The molecule has 0 saturated carbocycles. The van der Waals surface area contributed by atoms with E-state index < -0.39 is 5.97 Å². The van der Waals surface area contributed by atoms with E-state index in [2.05, 4.69) is 22.3 Å². The van der Waals surface area contributed by atoms with Crippen molar-refractivity contribution in [2.24, 2.45) is 0 Å². The van der Waals surface area contributed by atoms with Crippen LogP contribution in [0.1, 0.15) is 38.6 Å². The summed E-state index contributed by atoms with van der Waals surface area (Å²) in [5.74, 6) is -0.964. The summed E-state index contributed by atoms with van der Waals surface area (Å²) in [6, 6.07) is 21.8. The number of amides is 1. The van der Waals surface area contributed by atoms with Crippen LogP contribution in [-0.2, 0) is 0 Å². The lowest BCUT2D eigenvalue weighted by Crippen LogP contribution is -2.22. The van der Waals surface area contributed by atoms with E-state index in [-0.39, 0.29) is 11.5 Å². The molecule has 1 aliphatic heterocycles. The van der Waals surface area contributed by atoms with Crippen LogP contribution in [-0.4, -0.2) is 30.1 Å². The van der Waals surface area contributed by atoms with Gasteiger partial charge in [-0.3, -0.25) is 4.79 Å². The fourth-order valence-electron chi connectivity index (χ4n) is 3.84. The second kappa shape index (κ2) is 8.59. The van der Waals surface area contributed by atoms with Crippen LogP contribution in [0.15, 0.2) is 72.8 Å². The summed E-state index contributed by atoms with van der Waals surface area (Å²) in [6.45, 7) is 1.55. The smallest absolute Gasteiger partial charge is 0.337 e. The van der Waals surface area contributed by atoms with Gasteiger partial charge in [0.1, 0.15) is 0 Å². The number of benzene rings is 3. The van der Waals surface area contributed by atoms with Gasteiger partial charge in [-0.1, -0.05) is 41.9 Å². The highest BCUT2D eigenvalue weighted by Gasteiger charge is 2.27. The lowest BCUT2D eigenvalue weighted by atomic mass is 9.99. The minimum absolute atomic E-state index is 0.178. The fraction of sp³-hybridized carbons (Fsp3) is 0.167. The quantitative estimate of drug-likeness (QED) is 0.588. The molecule has 1 amide bonds. The highest BCUT2D eigenvalue weighted by molar-refractivity contribution is 6.30. The van der Waals surface area contributed by atoms with Gasteiger partial charge < -0.3 is 15.3 Å². The first-order valence-electron chi connectivity index (χ1n) is 9.75. The maximum absolute atomic E-state index is 12.4. The van der Waals surface area contributed by atoms with E-state index in [1.54, 1.807) is 36.4 Å². The topological polar surface area (TPSA) is 69.6 Å². The van der Waals surface area contributed by atoms with Crippen LogP contribution in [0.25, 0.3) is 0 Å². The van der Waals surface area contributed by atoms with Crippen LogP contribution in [0.3, 0.4) is 0 Å². The standard InChI is InChI=1S/C24H21ClN2O3/c25-19-8-6-17(7-9-19)23(28)26-20-10-11-22(21(14-20)24(29)30)27-13-12-18(15-27)16-4-2-1-3-5-16/h1-11,14,18H,12-13,15H2,(H,26,28)(H,29,30)/t18-/m0/s1. The average molecular weight is 421 g/mol. The summed E-state index contributed by atoms with van der Waals surface area (Å²) < 4.78 is 0. The summed E-state index contributed by atoms with van der Waals surface area (Å²) in [5.41, 5.74) is 3.01. The first-order valence-corrected chi connectivity index (χ1v) is 10.1. The number of carbonyl (C=O) groups is 2. The molecule has 1 saturated heterocycles. The average Bonchev–Trinajstić information content (AvgIpc) is 3.25. The molecule has 0 spiro atoms. The second-order valence-corrected chi connectivity index (χ2v) is 7.78. The summed E-state index contributed by atoms with van der Waals surface area (Å²) in [4.78, 5) is 26.5. The SMILES string of the molecule is O=C(Nc1ccc(N2CC[C@H](c3ccccc3)C2)c(C(=O)O)c1)c1ccc(Cl)cc1. The number of nitrogens with zero attached hydrogens (tertiary/aromatic N) is 1. The van der Waals surface area contributed by atoms with Gasteiger partial charge in [0, 0.05) is 35.3 Å². The third-order valence-corrected chi connectivity index (χ3v) is 5.64. The fourth-order valence-corrected chi connectivity index (χ4v) is 3.97. The number of rotatable bonds is 5. The Hall–Kier alpha value is -3.31. The molecule has 0 aromatic heterocycles. The molecular weight excluding hydrogens is 400 g/mol. The van der Waals surface area contributed by atoms with Crippen molar-refractivity contribution in [2.45, 2.75) is 12.3 Å². The van der Waals surface area contributed by atoms with Crippen LogP contribution in [0.5, 0.6) is 0 Å². The van der Waals surface area contributed by atoms with E-state index in [0.717, 1.165) is 19.5 Å². The lowest BCUT2D eigenvalue weighted by Gasteiger charge is -2.21. The van der Waals surface area contributed by atoms with Crippen molar-refractivity contribution in [3.05, 3.63) is 94.5 Å². The highest BCUT2D eigenvalue weighted by atomic mass is 35.5. The van der Waals surface area contributed by atoms with Crippen LogP contribution in [0.2, 0.25) is 5.02 Å². The Morgan fingerprint density at radius 2 is 1.73 bits per heavy atom. The highest BCUT2D eigenvalue weighted by Crippen LogP contribution is 2.33. The number of hydrogen-bond acceptors (Lipinski definition) is 3. The van der Waals surface area contributed by atoms with E-state index in [0.29, 0.717) is 27.9 Å². The second-order valence-electron chi connectivity index (χ2n) is 7.34. The molecule has 30 heavy (non-hydrogen) atoms. The van der Waals surface area contributed by atoms with Crippen LogP contribution in [0, 0.1) is 0 Å². The number of halogens is 1. The zero-order valence-corrected chi connectivity index (χ0v) is 17.0. The molecule has 4 rings (SSSR count). The van der Waals surface area contributed by atoms with Gasteiger partial charge in [-0.25, -0.2) is 4.79 Å². The van der Waals surface area contributed by atoms with Gasteiger partial charge >= 0.3 is 5.97 Å². The largest absolute Gasteiger partial charge is 0.478 e. The molecule has 2 N–H and O–H groups in total. The Labute approximate surface area is 179 Å². The minimum atomic E-state index is -1.02. The molecular formula is C24H21ClN2O3. The summed E-state index contributed by atoms with van der Waals surface area (Å²) in [7, 11) is 0. The van der Waals surface area contributed by atoms with Gasteiger partial charge in [0.2, 0.25) is 0 Å². The van der Waals surface area contributed by atoms with E-state index in [1.807, 2.05) is 18.2 Å². The molecule has 0 unspecified atom stereocenters. The van der Waals surface area contributed by atoms with E-state index >= 15 is 0 Å². The zero-order valence-electron chi connectivity index (χ0n) is 16.2. The van der Waals surface area contributed by atoms with Gasteiger partial charge in [-0.2, -0.15) is 0 Å². The first-order chi connectivity index (χ1) is 14.5. The van der Waals surface area contributed by atoms with Crippen LogP contribution in [0.4, 0.5) is 11.4 Å². The predicted octanol–water partition coefficient (Wildman–Crippen LogP) is 5.28. The molecule has 0 bridgehead atoms. The van der Waals surface area contributed by atoms with Crippen molar-refractivity contribution < 1.29 is 14.7 Å². The Morgan fingerprint density at radius 1 is 1.00 bits per heavy atom. The molecule has 1 fully saturated rings. The number of carboxylic acid groups (broad SMARTS) is 1. The molecule has 152 valence electrons. The molecule has 1 aliphatic rings. The van der Waals surface area contributed by atoms with Gasteiger partial charge in [-0.05, 0) is 54.4 Å². The zero-order chi connectivity index (χ0) is 21.1. The number of anilines is 2. The monoisotopic (exact) mass is 420 g/mol. The van der Waals surface area contributed by atoms with E-state index in [4.69, 9.17) is 11.6 Å². The Morgan fingerprint density at radius 3 is 2.43 bits per heavy atom. The van der Waals surface area contributed by atoms with Crippen LogP contribution < -0.4 is 10.2 Å². The molecule has 1 atom stereocenters. The lowest BCUT2D eigenvalue weighted by molar-refractivity contribution is 0.0697. The van der Waals surface area contributed by atoms with Gasteiger partial charge in [0.05, 0.1) is 11.3 Å². The van der Waals surface area contributed by atoms with Gasteiger partial charge in [0.25, 0.3) is 5.91 Å². The maximum atomic E-state index is 12.4. The van der Waals surface area contributed by atoms with Gasteiger partial charge in [-0.15, -0.1) is 0 Å². The van der Waals surface area contributed by atoms with Crippen molar-refractivity contribution in [2.75, 3.05) is 23.3 Å². The molecule has 0 radical (unpaired) electrons. The third-order valence-electron chi connectivity index (χ3n) is 5.39. The van der Waals surface area contributed by atoms with Crippen molar-refractivity contribution in [3.8, 4) is 0 Å². The van der Waals surface area contributed by atoms with E-state index in [9.17, 15) is 14.7 Å². The normalized spacial score (nSPS) is 15.8. The van der Waals surface area contributed by atoms with E-state index in [1.165, 1.54) is 11.6 Å². The Kier molecular flexibility index (Phi) is 5.72. The van der Waals surface area contributed by atoms with Crippen LogP contribution >= 0.6 is 11.6 Å². The van der Waals surface area contributed by atoms with Crippen molar-refractivity contribution in [1.29, 1.82) is 0 Å². The summed E-state index contributed by atoms with van der Waals surface area (Å²) in [5, 5.41) is 13.1. The molecule has 0 aliphatic carbocycles. The number of carbonyl (C=O) groups excluding carboxylic acids is 1. The van der Waals surface area contributed by atoms with Crippen molar-refractivity contribution in [3.63, 3.8) is 0 Å². The Balaban J connectivity index is 1.53. The predicted molar refractivity (Wildman–Crippen MR) is 119 cm³/mol. The molecule has 6 heteroatoms.